The molecule has 0 bridgehead atoms. The number of hydrogen-bond donors (Lipinski definition) is 2. The molecule has 142 valence electrons. The lowest BCUT2D eigenvalue weighted by atomic mass is 9.81. The van der Waals surface area contributed by atoms with Gasteiger partial charge in [0.2, 0.25) is 5.69 Å². The molecule has 0 saturated carbocycles. The van der Waals surface area contributed by atoms with Crippen molar-refractivity contribution in [2.75, 3.05) is 17.6 Å². The molecule has 1 aliphatic heterocycles. The average molecular weight is 386 g/mol. The molecule has 1 heterocycles. The van der Waals surface area contributed by atoms with Gasteiger partial charge in [0.1, 0.15) is 6.54 Å². The fourth-order valence-corrected chi connectivity index (χ4v) is 4.03. The summed E-state index contributed by atoms with van der Waals surface area (Å²) in [6, 6.07) is 18.1. The van der Waals surface area contributed by atoms with Gasteiger partial charge < -0.3 is 5.32 Å². The second-order valence-corrected chi connectivity index (χ2v) is 8.73. The second kappa shape index (κ2) is 7.66. The van der Waals surface area contributed by atoms with Crippen LogP contribution in [0.1, 0.15) is 25.8 Å². The Morgan fingerprint density at radius 2 is 1.74 bits per heavy atom. The number of anilines is 1. The van der Waals surface area contributed by atoms with E-state index in [9.17, 15) is 8.42 Å². The Bertz CT molecular complexity index is 977. The Morgan fingerprint density at radius 1 is 1.07 bits per heavy atom. The number of hydrogen-bond acceptors (Lipinski definition) is 3. The number of nitrogens with one attached hydrogen (secondary N) is 1. The second-order valence-electron chi connectivity index (χ2n) is 7.16. The molecule has 2 aromatic rings. The molecule has 0 unspecified atom stereocenters. The smallest absolute Gasteiger partial charge is 0.265 e. The minimum atomic E-state index is -3.96. The van der Waals surface area contributed by atoms with Crippen LogP contribution in [0.4, 0.5) is 11.4 Å². The van der Waals surface area contributed by atoms with Gasteiger partial charge in [-0.2, -0.15) is 13.0 Å². The third-order valence-corrected chi connectivity index (χ3v) is 5.65. The predicted molar refractivity (Wildman–Crippen MR) is 109 cm³/mol. The van der Waals surface area contributed by atoms with Crippen LogP contribution >= 0.6 is 0 Å². The lowest BCUT2D eigenvalue weighted by Crippen LogP contribution is -2.28. The largest absolute Gasteiger partial charge is 0.361 e. The van der Waals surface area contributed by atoms with Gasteiger partial charge in [-0.25, -0.2) is 0 Å². The van der Waals surface area contributed by atoms with E-state index < -0.39 is 10.1 Å². The van der Waals surface area contributed by atoms with Crippen LogP contribution in [0.15, 0.2) is 66.9 Å². The van der Waals surface area contributed by atoms with Crippen LogP contribution in [-0.4, -0.2) is 35.6 Å². The highest BCUT2D eigenvalue weighted by Crippen LogP contribution is 2.39. The van der Waals surface area contributed by atoms with E-state index in [1.807, 2.05) is 54.7 Å². The normalized spacial score (nSPS) is 16.0. The fraction of sp³-hybridized carbons (Fsp3) is 0.286. The lowest BCUT2D eigenvalue weighted by molar-refractivity contribution is -0.437. The van der Waals surface area contributed by atoms with Gasteiger partial charge in [-0.3, -0.25) is 4.55 Å². The Kier molecular flexibility index (Phi) is 5.48. The van der Waals surface area contributed by atoms with E-state index in [0.717, 1.165) is 17.1 Å². The fourth-order valence-electron chi connectivity index (χ4n) is 3.54. The summed E-state index contributed by atoms with van der Waals surface area (Å²) in [5.41, 5.74) is 4.17. The summed E-state index contributed by atoms with van der Waals surface area (Å²) in [6.45, 7) is 4.85. The van der Waals surface area contributed by atoms with Crippen molar-refractivity contribution >= 4 is 27.2 Å². The van der Waals surface area contributed by atoms with Crippen molar-refractivity contribution in [1.82, 2.24) is 0 Å². The van der Waals surface area contributed by atoms with E-state index in [4.69, 9.17) is 4.55 Å². The van der Waals surface area contributed by atoms with Gasteiger partial charge in [-0.15, -0.1) is 0 Å². The van der Waals surface area contributed by atoms with Crippen molar-refractivity contribution in [2.24, 2.45) is 0 Å². The van der Waals surface area contributed by atoms with Gasteiger partial charge >= 0.3 is 0 Å². The molecule has 0 aliphatic carbocycles. The molecule has 0 radical (unpaired) electrons. The maximum Gasteiger partial charge on any atom is 0.265 e. The van der Waals surface area contributed by atoms with Crippen molar-refractivity contribution in [3.63, 3.8) is 0 Å². The first-order valence-electron chi connectivity index (χ1n) is 8.97. The lowest BCUT2D eigenvalue weighted by Gasteiger charge is -2.15. The van der Waals surface area contributed by atoms with Gasteiger partial charge in [0, 0.05) is 36.0 Å². The standard InChI is InChI=1S/C21H24N2O3S/c1-21(2)18-11-6-7-12-19(18)23(15-8-16-27(24,25)26)20(21)13-14-22-17-9-4-3-5-10-17/h3-7,9-14H,8,15-16H2,1-2H3,(H,24,25,26)/p+1. The summed E-state index contributed by atoms with van der Waals surface area (Å²) in [7, 11) is -3.96. The molecular weight excluding hydrogens is 360 g/mol. The molecule has 6 heteroatoms. The first-order chi connectivity index (χ1) is 12.8. The summed E-state index contributed by atoms with van der Waals surface area (Å²) in [6.07, 6.45) is 4.31. The van der Waals surface area contributed by atoms with E-state index in [2.05, 4.69) is 35.9 Å². The van der Waals surface area contributed by atoms with Crippen LogP contribution < -0.4 is 5.32 Å². The molecular formula is C21H25N2O3S+. The van der Waals surface area contributed by atoms with Crippen molar-refractivity contribution in [1.29, 1.82) is 0 Å². The number of nitrogens with zero attached hydrogens (tertiary/aromatic N) is 1. The number of benzene rings is 2. The van der Waals surface area contributed by atoms with Crippen molar-refractivity contribution in [3.05, 3.63) is 72.4 Å². The average Bonchev–Trinajstić information content (AvgIpc) is 2.83. The van der Waals surface area contributed by atoms with Crippen LogP contribution in [-0.2, 0) is 15.5 Å². The van der Waals surface area contributed by atoms with Gasteiger partial charge in [-0.1, -0.05) is 36.4 Å². The van der Waals surface area contributed by atoms with E-state index >= 15 is 0 Å². The summed E-state index contributed by atoms with van der Waals surface area (Å²) < 4.78 is 33.4. The van der Waals surface area contributed by atoms with Crippen LogP contribution in [0.25, 0.3) is 0 Å². The maximum atomic E-state index is 11.1. The molecule has 0 spiro atoms. The maximum absolute atomic E-state index is 11.1. The van der Waals surface area contributed by atoms with Gasteiger partial charge in [0.25, 0.3) is 10.1 Å². The Labute approximate surface area is 160 Å². The molecule has 2 N–H and O–H groups in total. The van der Waals surface area contributed by atoms with Gasteiger partial charge in [0.05, 0.1) is 11.2 Å². The minimum absolute atomic E-state index is 0.205. The van der Waals surface area contributed by atoms with Gasteiger partial charge in [-0.05, 0) is 26.0 Å². The number of fused-ring (bicyclic) bond motifs is 1. The quantitative estimate of drug-likeness (QED) is 0.559. The molecule has 27 heavy (non-hydrogen) atoms. The highest BCUT2D eigenvalue weighted by molar-refractivity contribution is 7.85. The van der Waals surface area contributed by atoms with Crippen LogP contribution in [0, 0.1) is 0 Å². The highest BCUT2D eigenvalue weighted by atomic mass is 32.2. The number of para-hydroxylation sites is 2. The third kappa shape index (κ3) is 4.46. The SMILES string of the molecule is CC1(C)C(/C=C/Nc2ccccc2)=[N+](CCCS(=O)(=O)O)c2ccccc21. The van der Waals surface area contributed by atoms with Gasteiger partial charge in [0.15, 0.2) is 5.71 Å². The Hall–Kier alpha value is -2.44. The van der Waals surface area contributed by atoms with Crippen LogP contribution in [0.2, 0.25) is 0 Å². The van der Waals surface area contributed by atoms with E-state index in [-0.39, 0.29) is 11.2 Å². The molecule has 0 fully saturated rings. The molecule has 0 atom stereocenters. The number of allylic oxidation sites excluding steroid dienone is 1. The van der Waals surface area contributed by atoms with Crippen LogP contribution in [0.5, 0.6) is 0 Å². The zero-order valence-electron chi connectivity index (χ0n) is 15.6. The first kappa shape index (κ1) is 19.3. The number of rotatable bonds is 7. The first-order valence-corrected chi connectivity index (χ1v) is 10.6. The zero-order chi connectivity index (χ0) is 19.5. The van der Waals surface area contributed by atoms with E-state index in [0.29, 0.717) is 13.0 Å². The van der Waals surface area contributed by atoms with Crippen molar-refractivity contribution in [2.45, 2.75) is 25.7 Å². The summed E-state index contributed by atoms with van der Waals surface area (Å²) in [5.74, 6) is -0.245. The molecule has 0 aromatic heterocycles. The molecule has 0 saturated heterocycles. The molecule has 2 aromatic carbocycles. The predicted octanol–water partition coefficient (Wildman–Crippen LogP) is 3.97. The Balaban J connectivity index is 1.90. The molecule has 3 rings (SSSR count). The summed E-state index contributed by atoms with van der Waals surface area (Å²) in [5, 5.41) is 3.27. The molecule has 1 aliphatic rings. The Morgan fingerprint density at radius 3 is 2.44 bits per heavy atom. The monoisotopic (exact) mass is 385 g/mol. The molecule has 0 amide bonds. The topological polar surface area (TPSA) is 69.4 Å². The third-order valence-electron chi connectivity index (χ3n) is 4.85. The van der Waals surface area contributed by atoms with E-state index in [1.165, 1.54) is 5.56 Å². The highest BCUT2D eigenvalue weighted by Gasteiger charge is 2.43. The van der Waals surface area contributed by atoms with Crippen molar-refractivity contribution in [3.8, 4) is 0 Å². The van der Waals surface area contributed by atoms with Crippen molar-refractivity contribution < 1.29 is 17.5 Å². The van der Waals surface area contributed by atoms with Crippen LogP contribution in [0.3, 0.4) is 0 Å². The summed E-state index contributed by atoms with van der Waals surface area (Å²) >= 11 is 0. The minimum Gasteiger partial charge on any atom is -0.361 e. The van der Waals surface area contributed by atoms with E-state index in [1.54, 1.807) is 0 Å². The summed E-state index contributed by atoms with van der Waals surface area (Å²) in [4.78, 5) is 0. The molecule has 5 nitrogen and oxygen atoms in total. The zero-order valence-corrected chi connectivity index (χ0v) is 16.4.